The minimum Gasteiger partial charge on any atom is -0.379 e. The molecule has 136 valence electrons. The number of fused-ring (bicyclic) bond motifs is 2. The van der Waals surface area contributed by atoms with Gasteiger partial charge in [-0.1, -0.05) is 42.5 Å². The van der Waals surface area contributed by atoms with Crippen LogP contribution in [0.15, 0.2) is 59.6 Å². The van der Waals surface area contributed by atoms with Crippen LogP contribution in [0.5, 0.6) is 0 Å². The van der Waals surface area contributed by atoms with Crippen LogP contribution in [0.1, 0.15) is 16.7 Å². The summed E-state index contributed by atoms with van der Waals surface area (Å²) in [5, 5.41) is 12.8. The van der Waals surface area contributed by atoms with Crippen LogP contribution in [0, 0.1) is 11.3 Å². The van der Waals surface area contributed by atoms with Gasteiger partial charge in [-0.3, -0.25) is 9.89 Å². The van der Waals surface area contributed by atoms with Gasteiger partial charge in [0.25, 0.3) is 0 Å². The molecule has 0 bridgehead atoms. The Balaban J connectivity index is 1.70. The Bertz CT molecular complexity index is 920. The molecule has 5 heteroatoms. The van der Waals surface area contributed by atoms with Crippen LogP contribution in [0.4, 0.5) is 5.69 Å². The molecule has 0 spiro atoms. The van der Waals surface area contributed by atoms with E-state index < -0.39 is 0 Å². The SMILES string of the molecule is N#C/C=C1/c2ccccc2NC(=NCCN2CCOCC2)c2ccccc21. The summed E-state index contributed by atoms with van der Waals surface area (Å²) in [7, 11) is 0. The maximum Gasteiger partial charge on any atom is 0.133 e. The molecular formula is C22H22N4O. The molecule has 1 saturated heterocycles. The van der Waals surface area contributed by atoms with Crippen LogP contribution in [0.25, 0.3) is 5.57 Å². The summed E-state index contributed by atoms with van der Waals surface area (Å²) in [6, 6.07) is 18.4. The van der Waals surface area contributed by atoms with Crippen molar-refractivity contribution in [2.24, 2.45) is 4.99 Å². The summed E-state index contributed by atoms with van der Waals surface area (Å²) in [4.78, 5) is 7.27. The Morgan fingerprint density at radius 2 is 1.74 bits per heavy atom. The smallest absolute Gasteiger partial charge is 0.133 e. The zero-order valence-corrected chi connectivity index (χ0v) is 15.2. The zero-order chi connectivity index (χ0) is 18.5. The summed E-state index contributed by atoms with van der Waals surface area (Å²) in [6.07, 6.45) is 1.62. The Kier molecular flexibility index (Phi) is 5.29. The average molecular weight is 358 g/mol. The first-order valence-electron chi connectivity index (χ1n) is 9.27. The van der Waals surface area contributed by atoms with Crippen LogP contribution in [0.2, 0.25) is 0 Å². The van der Waals surface area contributed by atoms with Gasteiger partial charge in [-0.2, -0.15) is 5.26 Å². The monoisotopic (exact) mass is 358 g/mol. The van der Waals surface area contributed by atoms with E-state index >= 15 is 0 Å². The number of aliphatic imine (C=N–C) groups is 1. The molecule has 0 atom stereocenters. The second-order valence-electron chi connectivity index (χ2n) is 6.59. The number of rotatable bonds is 3. The Hall–Kier alpha value is -2.94. The standard InChI is InChI=1S/C22H22N4O/c23-10-9-18-17-5-1-2-7-20(17)22(25-21-8-4-3-6-19(18)21)24-11-12-26-13-15-27-16-14-26/h1-9H,11-16H2,(H,24,25)/b18-9+. The van der Waals surface area contributed by atoms with Crippen molar-refractivity contribution in [3.05, 3.63) is 71.3 Å². The Labute approximate surface area is 159 Å². The maximum absolute atomic E-state index is 9.32. The molecule has 2 heterocycles. The highest BCUT2D eigenvalue weighted by Crippen LogP contribution is 2.34. The van der Waals surface area contributed by atoms with Crippen molar-refractivity contribution in [3.63, 3.8) is 0 Å². The highest BCUT2D eigenvalue weighted by atomic mass is 16.5. The molecule has 0 aromatic heterocycles. The normalized spacial score (nSPS) is 19.7. The predicted molar refractivity (Wildman–Crippen MR) is 108 cm³/mol. The second-order valence-corrected chi connectivity index (χ2v) is 6.59. The molecular weight excluding hydrogens is 336 g/mol. The van der Waals surface area contributed by atoms with E-state index in [4.69, 9.17) is 9.73 Å². The number of amidine groups is 1. The van der Waals surface area contributed by atoms with Crippen LogP contribution in [-0.2, 0) is 4.74 Å². The van der Waals surface area contributed by atoms with Gasteiger partial charge in [0, 0.05) is 48.1 Å². The number of nitrogens with zero attached hydrogens (tertiary/aromatic N) is 3. The molecule has 2 aromatic carbocycles. The van der Waals surface area contributed by atoms with Gasteiger partial charge < -0.3 is 10.1 Å². The van der Waals surface area contributed by atoms with E-state index in [-0.39, 0.29) is 0 Å². The van der Waals surface area contributed by atoms with Gasteiger partial charge in [0.15, 0.2) is 0 Å². The fraction of sp³-hybridized carbons (Fsp3) is 0.273. The number of hydrogen-bond acceptors (Lipinski definition) is 4. The minimum absolute atomic E-state index is 0.718. The van der Waals surface area contributed by atoms with E-state index in [2.05, 4.69) is 28.4 Å². The van der Waals surface area contributed by atoms with Crippen molar-refractivity contribution < 1.29 is 4.74 Å². The molecule has 5 nitrogen and oxygen atoms in total. The lowest BCUT2D eigenvalue weighted by molar-refractivity contribution is 0.0394. The number of hydrogen-bond donors (Lipinski definition) is 1. The number of allylic oxidation sites excluding steroid dienone is 1. The maximum atomic E-state index is 9.32. The molecule has 27 heavy (non-hydrogen) atoms. The van der Waals surface area contributed by atoms with E-state index in [0.29, 0.717) is 0 Å². The molecule has 0 aliphatic carbocycles. The van der Waals surface area contributed by atoms with Crippen molar-refractivity contribution in [2.75, 3.05) is 44.7 Å². The Morgan fingerprint density at radius 3 is 2.52 bits per heavy atom. The third-order valence-electron chi connectivity index (χ3n) is 4.94. The number of ether oxygens (including phenoxy) is 1. The molecule has 2 aromatic rings. The van der Waals surface area contributed by atoms with E-state index in [1.54, 1.807) is 6.08 Å². The van der Waals surface area contributed by atoms with Crippen LogP contribution in [0.3, 0.4) is 0 Å². The lowest BCUT2D eigenvalue weighted by Crippen LogP contribution is -2.37. The molecule has 2 aliphatic heterocycles. The fourth-order valence-electron chi connectivity index (χ4n) is 3.56. The Morgan fingerprint density at radius 1 is 1.04 bits per heavy atom. The van der Waals surface area contributed by atoms with Crippen LogP contribution in [-0.4, -0.2) is 50.1 Å². The van der Waals surface area contributed by atoms with Gasteiger partial charge in [-0.05, 0) is 11.6 Å². The summed E-state index contributed by atoms with van der Waals surface area (Å²) >= 11 is 0. The van der Waals surface area contributed by atoms with Crippen LogP contribution < -0.4 is 5.32 Å². The van der Waals surface area contributed by atoms with Crippen LogP contribution >= 0.6 is 0 Å². The molecule has 0 radical (unpaired) electrons. The summed E-state index contributed by atoms with van der Waals surface area (Å²) in [5.74, 6) is 0.854. The van der Waals surface area contributed by atoms with Gasteiger partial charge in [0.2, 0.25) is 0 Å². The van der Waals surface area contributed by atoms with Gasteiger partial charge in [0.1, 0.15) is 5.84 Å². The van der Waals surface area contributed by atoms with E-state index in [0.717, 1.165) is 73.2 Å². The summed E-state index contributed by atoms with van der Waals surface area (Å²) in [6.45, 7) is 5.16. The molecule has 2 aliphatic rings. The van der Waals surface area contributed by atoms with Crippen molar-refractivity contribution in [1.29, 1.82) is 5.26 Å². The fourth-order valence-corrected chi connectivity index (χ4v) is 3.56. The highest BCUT2D eigenvalue weighted by Gasteiger charge is 2.21. The number of nitriles is 1. The van der Waals surface area contributed by atoms with E-state index in [1.807, 2.05) is 36.4 Å². The average Bonchev–Trinajstić information content (AvgIpc) is 2.85. The van der Waals surface area contributed by atoms with Crippen molar-refractivity contribution in [1.82, 2.24) is 4.90 Å². The van der Waals surface area contributed by atoms with Gasteiger partial charge in [-0.15, -0.1) is 0 Å². The quantitative estimate of drug-likeness (QED) is 0.857. The summed E-state index contributed by atoms with van der Waals surface area (Å²) in [5.41, 5.74) is 4.97. The molecule has 0 unspecified atom stereocenters. The highest BCUT2D eigenvalue weighted by molar-refractivity contribution is 6.15. The zero-order valence-electron chi connectivity index (χ0n) is 15.2. The van der Waals surface area contributed by atoms with E-state index in [1.165, 1.54) is 0 Å². The number of morpholine rings is 1. The molecule has 4 rings (SSSR count). The van der Waals surface area contributed by atoms with Gasteiger partial charge >= 0.3 is 0 Å². The number of anilines is 1. The number of benzene rings is 2. The lowest BCUT2D eigenvalue weighted by Gasteiger charge is -2.25. The van der Waals surface area contributed by atoms with Gasteiger partial charge in [-0.25, -0.2) is 0 Å². The molecule has 0 amide bonds. The number of nitrogens with one attached hydrogen (secondary N) is 1. The molecule has 0 saturated carbocycles. The van der Waals surface area contributed by atoms with Crippen molar-refractivity contribution in [2.45, 2.75) is 0 Å². The van der Waals surface area contributed by atoms with Crippen molar-refractivity contribution in [3.8, 4) is 6.07 Å². The number of para-hydroxylation sites is 1. The third kappa shape index (κ3) is 3.77. The third-order valence-corrected chi connectivity index (χ3v) is 4.94. The first kappa shape index (κ1) is 17.5. The lowest BCUT2D eigenvalue weighted by atomic mass is 9.94. The molecule has 1 fully saturated rings. The minimum atomic E-state index is 0.718. The first-order valence-corrected chi connectivity index (χ1v) is 9.27. The largest absolute Gasteiger partial charge is 0.379 e. The van der Waals surface area contributed by atoms with Gasteiger partial charge in [0.05, 0.1) is 25.8 Å². The second kappa shape index (κ2) is 8.17. The first-order chi connectivity index (χ1) is 13.4. The summed E-state index contributed by atoms with van der Waals surface area (Å²) < 4.78 is 5.41. The molecule has 1 N–H and O–H groups in total. The topological polar surface area (TPSA) is 60.7 Å². The predicted octanol–water partition coefficient (Wildman–Crippen LogP) is 3.15. The van der Waals surface area contributed by atoms with Crippen molar-refractivity contribution >= 4 is 17.1 Å². The van der Waals surface area contributed by atoms with E-state index in [9.17, 15) is 5.26 Å².